The van der Waals surface area contributed by atoms with E-state index in [-0.39, 0.29) is 24.9 Å². The molecule has 0 atom stereocenters. The number of para-hydroxylation sites is 1. The van der Waals surface area contributed by atoms with E-state index in [1.54, 1.807) is 4.90 Å². The number of hydrogen-bond acceptors (Lipinski definition) is 3. The lowest BCUT2D eigenvalue weighted by molar-refractivity contribution is -0.147. The first-order chi connectivity index (χ1) is 11.1. The molecule has 0 aromatic heterocycles. The number of anilines is 1. The third-order valence-corrected chi connectivity index (χ3v) is 4.01. The molecular formula is C19H19NO3. The van der Waals surface area contributed by atoms with Crippen LogP contribution in [0, 0.1) is 6.92 Å². The molecule has 2 aromatic rings. The first-order valence-electron chi connectivity index (χ1n) is 7.73. The van der Waals surface area contributed by atoms with Gasteiger partial charge in [0.15, 0.2) is 6.61 Å². The zero-order valence-corrected chi connectivity index (χ0v) is 13.1. The van der Waals surface area contributed by atoms with Crippen LogP contribution in [0.4, 0.5) is 5.69 Å². The number of aryl methyl sites for hydroxylation is 1. The van der Waals surface area contributed by atoms with Crippen LogP contribution in [0.5, 0.6) is 0 Å². The summed E-state index contributed by atoms with van der Waals surface area (Å²) in [6.45, 7) is 2.43. The van der Waals surface area contributed by atoms with Crippen LogP contribution >= 0.6 is 0 Å². The summed E-state index contributed by atoms with van der Waals surface area (Å²) >= 11 is 0. The van der Waals surface area contributed by atoms with Crippen LogP contribution in [0.1, 0.15) is 16.7 Å². The summed E-state index contributed by atoms with van der Waals surface area (Å²) < 4.78 is 5.14. The zero-order valence-electron chi connectivity index (χ0n) is 13.1. The number of hydrogen-bond donors (Lipinski definition) is 0. The molecule has 0 radical (unpaired) electrons. The minimum atomic E-state index is -0.380. The fraction of sp³-hybridized carbons (Fsp3) is 0.263. The molecule has 23 heavy (non-hydrogen) atoms. The minimum absolute atomic E-state index is 0.174. The summed E-state index contributed by atoms with van der Waals surface area (Å²) in [6.07, 6.45) is 1.03. The van der Waals surface area contributed by atoms with E-state index >= 15 is 0 Å². The van der Waals surface area contributed by atoms with Gasteiger partial charge in [-0.15, -0.1) is 0 Å². The highest BCUT2D eigenvalue weighted by Crippen LogP contribution is 2.27. The fourth-order valence-corrected chi connectivity index (χ4v) is 2.74. The van der Waals surface area contributed by atoms with Crippen LogP contribution in [0.15, 0.2) is 48.5 Å². The first-order valence-corrected chi connectivity index (χ1v) is 7.73. The lowest BCUT2D eigenvalue weighted by atomic mass is 10.1. The first kappa shape index (κ1) is 15.3. The molecule has 4 nitrogen and oxygen atoms in total. The van der Waals surface area contributed by atoms with Crippen molar-refractivity contribution in [3.05, 3.63) is 65.2 Å². The number of carbonyl (C=O) groups is 2. The summed E-state index contributed by atoms with van der Waals surface area (Å²) in [5.41, 5.74) is 4.11. The highest BCUT2D eigenvalue weighted by molar-refractivity contribution is 5.97. The highest BCUT2D eigenvalue weighted by Gasteiger charge is 2.24. The third kappa shape index (κ3) is 3.59. The highest BCUT2D eigenvalue weighted by atomic mass is 16.5. The number of esters is 1. The predicted molar refractivity (Wildman–Crippen MR) is 88.3 cm³/mol. The summed E-state index contributed by atoms with van der Waals surface area (Å²) in [5, 5.41) is 0. The van der Waals surface area contributed by atoms with Gasteiger partial charge in [-0.2, -0.15) is 0 Å². The Balaban J connectivity index is 1.53. The molecule has 0 aliphatic carbocycles. The van der Waals surface area contributed by atoms with Gasteiger partial charge in [-0.05, 0) is 30.5 Å². The van der Waals surface area contributed by atoms with Gasteiger partial charge in [0.1, 0.15) is 0 Å². The van der Waals surface area contributed by atoms with Gasteiger partial charge in [-0.25, -0.2) is 0 Å². The topological polar surface area (TPSA) is 46.6 Å². The molecule has 1 amide bonds. The molecule has 0 fully saturated rings. The van der Waals surface area contributed by atoms with Crippen LogP contribution < -0.4 is 4.90 Å². The molecule has 1 aliphatic rings. The molecule has 4 heteroatoms. The quantitative estimate of drug-likeness (QED) is 0.816. The van der Waals surface area contributed by atoms with Gasteiger partial charge in [-0.3, -0.25) is 9.59 Å². The Bertz CT molecular complexity index is 722. The Morgan fingerprint density at radius 3 is 2.61 bits per heavy atom. The second-order valence-electron chi connectivity index (χ2n) is 5.75. The molecule has 0 bridgehead atoms. The SMILES string of the molecule is Cc1ccc(CC(=O)OCC(=O)N2CCc3ccccc32)cc1. The van der Waals surface area contributed by atoms with Gasteiger partial charge >= 0.3 is 5.97 Å². The summed E-state index contributed by atoms with van der Waals surface area (Å²) in [5.74, 6) is -0.554. The van der Waals surface area contributed by atoms with Crippen molar-refractivity contribution in [3.63, 3.8) is 0 Å². The van der Waals surface area contributed by atoms with Gasteiger partial charge in [0, 0.05) is 12.2 Å². The molecule has 3 rings (SSSR count). The molecule has 2 aromatic carbocycles. The number of carbonyl (C=O) groups excluding carboxylic acids is 2. The maximum Gasteiger partial charge on any atom is 0.310 e. The van der Waals surface area contributed by atoms with Gasteiger partial charge in [0.2, 0.25) is 0 Å². The third-order valence-electron chi connectivity index (χ3n) is 4.01. The van der Waals surface area contributed by atoms with Crippen LogP contribution in [-0.4, -0.2) is 25.0 Å². The summed E-state index contributed by atoms with van der Waals surface area (Å²) in [7, 11) is 0. The van der Waals surface area contributed by atoms with Crippen molar-refractivity contribution in [1.82, 2.24) is 0 Å². The lowest BCUT2D eigenvalue weighted by Crippen LogP contribution is -2.33. The van der Waals surface area contributed by atoms with Gasteiger partial charge in [0.25, 0.3) is 5.91 Å². The van der Waals surface area contributed by atoms with Crippen molar-refractivity contribution in [2.45, 2.75) is 19.8 Å². The molecular weight excluding hydrogens is 290 g/mol. The Morgan fingerprint density at radius 2 is 1.83 bits per heavy atom. The van der Waals surface area contributed by atoms with Crippen LogP contribution in [0.3, 0.4) is 0 Å². The number of ether oxygens (including phenoxy) is 1. The molecule has 1 heterocycles. The molecule has 0 saturated heterocycles. The van der Waals surface area contributed by atoms with E-state index in [1.165, 1.54) is 0 Å². The predicted octanol–water partition coefficient (Wildman–Crippen LogP) is 2.67. The monoisotopic (exact) mass is 309 g/mol. The van der Waals surface area contributed by atoms with Crippen molar-refractivity contribution in [2.75, 3.05) is 18.1 Å². The Labute approximate surface area is 135 Å². The van der Waals surface area contributed by atoms with Crippen molar-refractivity contribution < 1.29 is 14.3 Å². The number of fused-ring (bicyclic) bond motifs is 1. The van der Waals surface area contributed by atoms with Crippen LogP contribution in [-0.2, 0) is 27.2 Å². The number of amides is 1. The maximum atomic E-state index is 12.3. The largest absolute Gasteiger partial charge is 0.455 e. The zero-order chi connectivity index (χ0) is 16.2. The maximum absolute atomic E-state index is 12.3. The van der Waals surface area contributed by atoms with E-state index in [0.717, 1.165) is 28.8 Å². The average Bonchev–Trinajstić information content (AvgIpc) is 2.99. The summed E-state index contributed by atoms with van der Waals surface area (Å²) in [4.78, 5) is 25.8. The Hall–Kier alpha value is -2.62. The van der Waals surface area contributed by atoms with E-state index in [9.17, 15) is 9.59 Å². The van der Waals surface area contributed by atoms with E-state index in [0.29, 0.717) is 6.54 Å². The van der Waals surface area contributed by atoms with Gasteiger partial charge in [-0.1, -0.05) is 48.0 Å². The van der Waals surface area contributed by atoms with Crippen LogP contribution in [0.25, 0.3) is 0 Å². The molecule has 0 saturated carbocycles. The van der Waals surface area contributed by atoms with Crippen molar-refractivity contribution in [2.24, 2.45) is 0 Å². The molecule has 118 valence electrons. The summed E-state index contributed by atoms with van der Waals surface area (Å²) in [6, 6.07) is 15.5. The van der Waals surface area contributed by atoms with Gasteiger partial charge < -0.3 is 9.64 Å². The van der Waals surface area contributed by atoms with Crippen molar-refractivity contribution in [1.29, 1.82) is 0 Å². The lowest BCUT2D eigenvalue weighted by Gasteiger charge is -2.17. The number of nitrogens with zero attached hydrogens (tertiary/aromatic N) is 1. The Morgan fingerprint density at radius 1 is 1.09 bits per heavy atom. The molecule has 0 unspecified atom stereocenters. The Kier molecular flexibility index (Phi) is 4.42. The molecule has 1 aliphatic heterocycles. The average molecular weight is 309 g/mol. The van der Waals surface area contributed by atoms with Crippen molar-refractivity contribution >= 4 is 17.6 Å². The number of benzene rings is 2. The van der Waals surface area contributed by atoms with E-state index in [1.807, 2.05) is 55.5 Å². The smallest absolute Gasteiger partial charge is 0.310 e. The normalized spacial score (nSPS) is 12.8. The van der Waals surface area contributed by atoms with Crippen LogP contribution in [0.2, 0.25) is 0 Å². The fourth-order valence-electron chi connectivity index (χ4n) is 2.74. The van der Waals surface area contributed by atoms with E-state index in [2.05, 4.69) is 0 Å². The second-order valence-corrected chi connectivity index (χ2v) is 5.75. The molecule has 0 N–H and O–H groups in total. The van der Waals surface area contributed by atoms with E-state index < -0.39 is 0 Å². The number of rotatable bonds is 4. The van der Waals surface area contributed by atoms with E-state index in [4.69, 9.17) is 4.74 Å². The second kappa shape index (κ2) is 6.65. The molecule has 0 spiro atoms. The minimum Gasteiger partial charge on any atom is -0.455 e. The van der Waals surface area contributed by atoms with Crippen molar-refractivity contribution in [3.8, 4) is 0 Å². The standard InChI is InChI=1S/C19H19NO3/c1-14-6-8-15(9-7-14)12-19(22)23-13-18(21)20-11-10-16-4-2-3-5-17(16)20/h2-9H,10-13H2,1H3. The van der Waals surface area contributed by atoms with Gasteiger partial charge in [0.05, 0.1) is 6.42 Å².